The highest BCUT2D eigenvalue weighted by Gasteiger charge is 2.18. The number of ether oxygens (including phenoxy) is 2. The molecule has 1 aliphatic heterocycles. The van der Waals surface area contributed by atoms with Gasteiger partial charge >= 0.3 is 0 Å². The first-order chi connectivity index (χ1) is 9.22. The summed E-state index contributed by atoms with van der Waals surface area (Å²) in [5.41, 5.74) is 0.0924. The van der Waals surface area contributed by atoms with Crippen molar-refractivity contribution in [3.8, 4) is 5.75 Å². The van der Waals surface area contributed by atoms with Gasteiger partial charge in [-0.2, -0.15) is 0 Å². The topological polar surface area (TPSA) is 55.8 Å². The van der Waals surface area contributed by atoms with E-state index in [-0.39, 0.29) is 23.8 Å². The van der Waals surface area contributed by atoms with Crippen LogP contribution < -0.4 is 4.74 Å². The Morgan fingerprint density at radius 3 is 2.84 bits per heavy atom. The Bertz CT molecular complexity index is 472. The van der Waals surface area contributed by atoms with Crippen LogP contribution in [0.1, 0.15) is 10.4 Å². The van der Waals surface area contributed by atoms with E-state index in [1.807, 2.05) is 0 Å². The lowest BCUT2D eigenvalue weighted by Gasteiger charge is -2.26. The molecule has 1 aliphatic rings. The smallest absolute Gasteiger partial charge is 0.260 e. The van der Waals surface area contributed by atoms with Crippen molar-refractivity contribution in [2.75, 3.05) is 32.9 Å². The van der Waals surface area contributed by atoms with Crippen LogP contribution in [0.25, 0.3) is 0 Å². The van der Waals surface area contributed by atoms with Crippen molar-refractivity contribution >= 4 is 12.2 Å². The molecule has 19 heavy (non-hydrogen) atoms. The number of rotatable bonds is 4. The van der Waals surface area contributed by atoms with Gasteiger partial charge in [-0.3, -0.25) is 9.59 Å². The highest BCUT2D eigenvalue weighted by Crippen LogP contribution is 2.21. The Balaban J connectivity index is 1.98. The third-order valence-electron chi connectivity index (χ3n) is 2.83. The van der Waals surface area contributed by atoms with Gasteiger partial charge in [0.25, 0.3) is 5.91 Å². The van der Waals surface area contributed by atoms with E-state index in [1.165, 1.54) is 18.2 Å². The zero-order chi connectivity index (χ0) is 13.7. The van der Waals surface area contributed by atoms with Gasteiger partial charge in [-0.15, -0.1) is 0 Å². The fourth-order valence-corrected chi connectivity index (χ4v) is 1.81. The van der Waals surface area contributed by atoms with E-state index in [9.17, 15) is 14.0 Å². The first kappa shape index (κ1) is 13.5. The summed E-state index contributed by atoms with van der Waals surface area (Å²) in [7, 11) is 0. The van der Waals surface area contributed by atoms with Crippen LogP contribution in [0, 0.1) is 5.82 Å². The zero-order valence-electron chi connectivity index (χ0n) is 10.3. The summed E-state index contributed by atoms with van der Waals surface area (Å²) < 4.78 is 23.8. The number of nitrogens with zero attached hydrogens (tertiary/aromatic N) is 1. The van der Waals surface area contributed by atoms with Crippen LogP contribution in [0.15, 0.2) is 18.2 Å². The molecule has 0 aliphatic carbocycles. The minimum atomic E-state index is -0.653. The summed E-state index contributed by atoms with van der Waals surface area (Å²) in [6.45, 7) is 1.69. The first-order valence-corrected chi connectivity index (χ1v) is 5.94. The molecular formula is C13H14FNO4. The summed E-state index contributed by atoms with van der Waals surface area (Å²) in [4.78, 5) is 24.2. The molecule has 0 bridgehead atoms. The summed E-state index contributed by atoms with van der Waals surface area (Å²) in [6.07, 6.45) is 0.498. The molecular weight excluding hydrogens is 253 g/mol. The van der Waals surface area contributed by atoms with E-state index in [4.69, 9.17) is 9.47 Å². The Kier molecular flexibility index (Phi) is 4.46. The van der Waals surface area contributed by atoms with Crippen molar-refractivity contribution in [1.29, 1.82) is 0 Å². The highest BCUT2D eigenvalue weighted by molar-refractivity contribution is 5.81. The molecule has 1 aromatic rings. The Labute approximate surface area is 109 Å². The van der Waals surface area contributed by atoms with Gasteiger partial charge in [-0.05, 0) is 12.1 Å². The SMILES string of the molecule is O=Cc1cccc(F)c1OCC(=O)N1CCOCC1. The summed E-state index contributed by atoms with van der Waals surface area (Å²) >= 11 is 0. The number of halogens is 1. The molecule has 102 valence electrons. The normalized spacial score (nSPS) is 15.1. The number of morpholine rings is 1. The highest BCUT2D eigenvalue weighted by atomic mass is 19.1. The lowest BCUT2D eigenvalue weighted by atomic mass is 10.2. The van der Waals surface area contributed by atoms with Crippen LogP contribution in [0.2, 0.25) is 0 Å². The Hall–Kier alpha value is -1.95. The molecule has 5 nitrogen and oxygen atoms in total. The number of amides is 1. The predicted octanol–water partition coefficient (Wildman–Crippen LogP) is 0.876. The maximum absolute atomic E-state index is 13.5. The van der Waals surface area contributed by atoms with Crippen molar-refractivity contribution in [3.63, 3.8) is 0 Å². The average molecular weight is 267 g/mol. The molecule has 1 fully saturated rings. The van der Waals surface area contributed by atoms with Gasteiger partial charge in [0.05, 0.1) is 18.8 Å². The molecule has 0 aromatic heterocycles. The number of hydrogen-bond donors (Lipinski definition) is 0. The molecule has 0 N–H and O–H groups in total. The van der Waals surface area contributed by atoms with Crippen LogP contribution in [0.3, 0.4) is 0 Å². The van der Waals surface area contributed by atoms with Crippen LogP contribution in [0.4, 0.5) is 4.39 Å². The quantitative estimate of drug-likeness (QED) is 0.760. The summed E-state index contributed by atoms with van der Waals surface area (Å²) in [5, 5.41) is 0. The van der Waals surface area contributed by atoms with Crippen molar-refractivity contribution in [2.45, 2.75) is 0 Å². The van der Waals surface area contributed by atoms with E-state index < -0.39 is 5.82 Å². The predicted molar refractivity (Wildman–Crippen MR) is 64.7 cm³/mol. The molecule has 0 spiro atoms. The van der Waals surface area contributed by atoms with Crippen molar-refractivity contribution in [2.24, 2.45) is 0 Å². The van der Waals surface area contributed by atoms with E-state index >= 15 is 0 Å². The summed E-state index contributed by atoms with van der Waals surface area (Å²) in [5.74, 6) is -1.08. The minimum Gasteiger partial charge on any atom is -0.480 e. The van der Waals surface area contributed by atoms with Gasteiger partial charge < -0.3 is 14.4 Å². The second-order valence-electron chi connectivity index (χ2n) is 4.06. The number of aldehydes is 1. The van der Waals surface area contributed by atoms with Gasteiger partial charge in [-0.1, -0.05) is 6.07 Å². The molecule has 1 saturated heterocycles. The molecule has 1 aromatic carbocycles. The zero-order valence-corrected chi connectivity index (χ0v) is 10.3. The van der Waals surface area contributed by atoms with E-state index in [1.54, 1.807) is 4.90 Å². The maximum Gasteiger partial charge on any atom is 0.260 e. The number of benzene rings is 1. The maximum atomic E-state index is 13.5. The molecule has 0 atom stereocenters. The monoisotopic (exact) mass is 267 g/mol. The second kappa shape index (κ2) is 6.29. The van der Waals surface area contributed by atoms with Crippen molar-refractivity contribution in [3.05, 3.63) is 29.6 Å². The standard InChI is InChI=1S/C13H14FNO4/c14-11-3-1-2-10(8-16)13(11)19-9-12(17)15-4-6-18-7-5-15/h1-3,8H,4-7,9H2. The largest absolute Gasteiger partial charge is 0.480 e. The molecule has 1 heterocycles. The number of hydrogen-bond acceptors (Lipinski definition) is 4. The Morgan fingerprint density at radius 1 is 1.42 bits per heavy atom. The van der Waals surface area contributed by atoms with Gasteiger partial charge in [0.2, 0.25) is 0 Å². The van der Waals surface area contributed by atoms with E-state index in [0.29, 0.717) is 32.6 Å². The molecule has 6 heteroatoms. The summed E-state index contributed by atoms with van der Waals surface area (Å²) in [6, 6.07) is 4.03. The third-order valence-corrected chi connectivity index (χ3v) is 2.83. The Morgan fingerprint density at radius 2 is 2.16 bits per heavy atom. The number of carbonyl (C=O) groups excluding carboxylic acids is 2. The van der Waals surface area contributed by atoms with E-state index in [0.717, 1.165) is 0 Å². The van der Waals surface area contributed by atoms with Crippen LogP contribution >= 0.6 is 0 Å². The van der Waals surface area contributed by atoms with Gasteiger partial charge in [0.15, 0.2) is 24.5 Å². The molecule has 2 rings (SSSR count). The molecule has 0 saturated carbocycles. The fraction of sp³-hybridized carbons (Fsp3) is 0.385. The van der Waals surface area contributed by atoms with Gasteiger partial charge in [0.1, 0.15) is 0 Å². The van der Waals surface area contributed by atoms with Crippen LogP contribution in [0.5, 0.6) is 5.75 Å². The first-order valence-electron chi connectivity index (χ1n) is 5.94. The van der Waals surface area contributed by atoms with E-state index in [2.05, 4.69) is 0 Å². The van der Waals surface area contributed by atoms with Crippen LogP contribution in [-0.4, -0.2) is 50.0 Å². The minimum absolute atomic E-state index is 0.0924. The number of carbonyl (C=O) groups is 2. The average Bonchev–Trinajstić information content (AvgIpc) is 2.46. The van der Waals surface area contributed by atoms with Gasteiger partial charge in [-0.25, -0.2) is 4.39 Å². The van der Waals surface area contributed by atoms with Crippen molar-refractivity contribution < 1.29 is 23.5 Å². The molecule has 0 radical (unpaired) electrons. The van der Waals surface area contributed by atoms with Crippen LogP contribution in [-0.2, 0) is 9.53 Å². The second-order valence-corrected chi connectivity index (χ2v) is 4.06. The lowest BCUT2D eigenvalue weighted by Crippen LogP contribution is -2.43. The van der Waals surface area contributed by atoms with Crippen molar-refractivity contribution in [1.82, 2.24) is 4.90 Å². The number of para-hydroxylation sites is 1. The third kappa shape index (κ3) is 3.29. The lowest BCUT2D eigenvalue weighted by molar-refractivity contribution is -0.137. The molecule has 1 amide bonds. The van der Waals surface area contributed by atoms with Gasteiger partial charge in [0, 0.05) is 13.1 Å². The molecule has 0 unspecified atom stereocenters. The fourth-order valence-electron chi connectivity index (χ4n) is 1.81.